The molecule has 1 heterocycles. The van der Waals surface area contributed by atoms with Crippen LogP contribution in [0.15, 0.2) is 74.9 Å². The van der Waals surface area contributed by atoms with Gasteiger partial charge in [-0.2, -0.15) is 17.5 Å². The van der Waals surface area contributed by atoms with E-state index in [1.807, 2.05) is 32.0 Å². The molecule has 2 aromatic rings. The van der Waals surface area contributed by atoms with E-state index >= 15 is 0 Å². The van der Waals surface area contributed by atoms with Gasteiger partial charge in [-0.1, -0.05) is 49.0 Å². The van der Waals surface area contributed by atoms with Crippen molar-refractivity contribution in [2.24, 2.45) is 11.8 Å². The van der Waals surface area contributed by atoms with Gasteiger partial charge in [0.15, 0.2) is 0 Å². The molecule has 2 atom stereocenters. The van der Waals surface area contributed by atoms with Gasteiger partial charge in [0, 0.05) is 48.1 Å². The largest absolute Gasteiger partial charge is 0.416 e. The van der Waals surface area contributed by atoms with Crippen LogP contribution >= 0.6 is 11.8 Å². The quantitative estimate of drug-likeness (QED) is 0.323. The summed E-state index contributed by atoms with van der Waals surface area (Å²) in [5, 5.41) is 11.5. The molecule has 2 aromatic carbocycles. The summed E-state index contributed by atoms with van der Waals surface area (Å²) in [5.41, 5.74) is 0.744. The number of carbonyl (C=O) groups is 1. The average molecular weight is 596 g/mol. The zero-order chi connectivity index (χ0) is 29.4. The van der Waals surface area contributed by atoms with Crippen LogP contribution in [0.1, 0.15) is 18.1 Å². The molecule has 13 heteroatoms. The average Bonchev–Trinajstić information content (AvgIpc) is 2.90. The molecule has 1 aliphatic heterocycles. The number of halogens is 3. The predicted octanol–water partition coefficient (Wildman–Crippen LogP) is 5.51. The van der Waals surface area contributed by atoms with Crippen LogP contribution in [0.5, 0.6) is 0 Å². The number of hydrogen-bond acceptors (Lipinski definition) is 6. The number of rotatable bonds is 6. The van der Waals surface area contributed by atoms with Crippen molar-refractivity contribution in [1.29, 1.82) is 0 Å². The maximum Gasteiger partial charge on any atom is 0.416 e. The van der Waals surface area contributed by atoms with Crippen LogP contribution in [0.3, 0.4) is 0 Å². The number of benzene rings is 2. The van der Waals surface area contributed by atoms with Gasteiger partial charge < -0.3 is 4.90 Å². The van der Waals surface area contributed by atoms with Crippen LogP contribution in [0, 0.1) is 35.8 Å². The Balaban J connectivity index is 1.53. The number of sulfonamides is 1. The smallest absolute Gasteiger partial charge is 0.340 e. The fourth-order valence-electron chi connectivity index (χ4n) is 4.65. The van der Waals surface area contributed by atoms with Crippen molar-refractivity contribution in [3.63, 3.8) is 0 Å². The minimum Gasteiger partial charge on any atom is -0.340 e. The molecule has 4 rings (SSSR count). The van der Waals surface area contributed by atoms with Crippen LogP contribution in [0.25, 0.3) is 0 Å². The van der Waals surface area contributed by atoms with Crippen LogP contribution < -0.4 is 0 Å². The molecule has 0 radical (unpaired) electrons. The van der Waals surface area contributed by atoms with Crippen molar-refractivity contribution >= 4 is 33.4 Å². The lowest BCUT2D eigenvalue weighted by atomic mass is 9.85. The Morgan fingerprint density at radius 3 is 2.33 bits per heavy atom. The summed E-state index contributed by atoms with van der Waals surface area (Å²) >= 11 is 1.21. The molecule has 0 N–H and O–H groups in total. The van der Waals surface area contributed by atoms with Gasteiger partial charge in [0.25, 0.3) is 5.69 Å². The molecule has 0 aromatic heterocycles. The molecule has 40 heavy (non-hydrogen) atoms. The lowest BCUT2D eigenvalue weighted by Crippen LogP contribution is -2.52. The third-order valence-corrected chi connectivity index (χ3v) is 10.3. The third kappa shape index (κ3) is 6.26. The standard InChI is InChI=1S/C27H28F3N3O5S2/c1-17-4-5-18(2)24(14-17)39-23-9-7-21(33(35)36)16-25(23)40(37,38)32-12-10-31(11-13-32)26(34)22-8-6-20(15-19(22)3)27(28,29)30/h4-9,14-16,19,22H,10-13H2,1-3H3. The van der Waals surface area contributed by atoms with Gasteiger partial charge in [-0.3, -0.25) is 14.9 Å². The molecule has 214 valence electrons. The maximum atomic E-state index is 13.7. The van der Waals surface area contributed by atoms with E-state index in [-0.39, 0.29) is 42.7 Å². The number of amides is 1. The van der Waals surface area contributed by atoms with E-state index < -0.39 is 38.5 Å². The molecule has 1 amide bonds. The number of nitro benzene ring substituents is 1. The van der Waals surface area contributed by atoms with E-state index in [9.17, 15) is 36.5 Å². The van der Waals surface area contributed by atoms with Gasteiger partial charge in [-0.05, 0) is 43.0 Å². The Morgan fingerprint density at radius 2 is 1.73 bits per heavy atom. The number of nitro groups is 1. The summed E-state index contributed by atoms with van der Waals surface area (Å²) in [5.74, 6) is -1.84. The van der Waals surface area contributed by atoms with Crippen molar-refractivity contribution < 1.29 is 31.3 Å². The normalized spacial score (nSPS) is 20.4. The van der Waals surface area contributed by atoms with Gasteiger partial charge in [-0.25, -0.2) is 8.42 Å². The molecule has 0 spiro atoms. The summed E-state index contributed by atoms with van der Waals surface area (Å²) < 4.78 is 67.8. The van der Waals surface area contributed by atoms with Crippen LogP contribution in [-0.4, -0.2) is 60.8 Å². The first kappa shape index (κ1) is 29.8. The van der Waals surface area contributed by atoms with Crippen molar-refractivity contribution in [3.8, 4) is 0 Å². The number of hydrogen-bond donors (Lipinski definition) is 0. The van der Waals surface area contributed by atoms with Gasteiger partial charge in [-0.15, -0.1) is 0 Å². The monoisotopic (exact) mass is 595 g/mol. The van der Waals surface area contributed by atoms with Crippen molar-refractivity contribution in [2.45, 2.75) is 41.6 Å². The van der Waals surface area contributed by atoms with Crippen molar-refractivity contribution in [3.05, 3.63) is 81.4 Å². The van der Waals surface area contributed by atoms with Crippen molar-refractivity contribution in [1.82, 2.24) is 9.21 Å². The van der Waals surface area contributed by atoms with E-state index in [0.717, 1.165) is 34.2 Å². The van der Waals surface area contributed by atoms with Crippen molar-refractivity contribution in [2.75, 3.05) is 26.2 Å². The zero-order valence-electron chi connectivity index (χ0n) is 22.0. The highest BCUT2D eigenvalue weighted by atomic mass is 32.2. The Kier molecular flexibility index (Phi) is 8.48. The number of non-ortho nitro benzene ring substituents is 1. The molecule has 8 nitrogen and oxygen atoms in total. The van der Waals surface area contributed by atoms with Crippen LogP contribution in [0.4, 0.5) is 18.9 Å². The van der Waals surface area contributed by atoms with E-state index in [2.05, 4.69) is 0 Å². The first-order valence-corrected chi connectivity index (χ1v) is 14.7. The molecule has 2 aliphatic rings. The van der Waals surface area contributed by atoms with E-state index in [0.29, 0.717) is 4.90 Å². The first-order valence-electron chi connectivity index (χ1n) is 12.5. The van der Waals surface area contributed by atoms with Gasteiger partial charge in [0.2, 0.25) is 15.9 Å². The third-order valence-electron chi connectivity index (χ3n) is 6.97. The topological polar surface area (TPSA) is 101 Å². The summed E-state index contributed by atoms with van der Waals surface area (Å²) in [6.07, 6.45) is -1.32. The van der Waals surface area contributed by atoms with E-state index in [1.165, 1.54) is 46.1 Å². The Hall–Kier alpha value is -3.16. The zero-order valence-corrected chi connectivity index (χ0v) is 23.6. The molecule has 0 saturated carbocycles. The molecule has 1 aliphatic carbocycles. The fourth-order valence-corrected chi connectivity index (χ4v) is 7.61. The van der Waals surface area contributed by atoms with Gasteiger partial charge in [0.05, 0.1) is 16.4 Å². The van der Waals surface area contributed by atoms with Gasteiger partial charge in [0.1, 0.15) is 4.90 Å². The summed E-state index contributed by atoms with van der Waals surface area (Å²) in [6.45, 7) is 5.30. The number of carbonyl (C=O) groups excluding carboxylic acids is 1. The highest BCUT2D eigenvalue weighted by Crippen LogP contribution is 2.38. The molecular weight excluding hydrogens is 567 g/mol. The van der Waals surface area contributed by atoms with Crippen LogP contribution in [-0.2, 0) is 14.8 Å². The summed E-state index contributed by atoms with van der Waals surface area (Å²) in [4.78, 5) is 26.3. The number of allylic oxidation sites excluding steroid dienone is 3. The molecule has 1 saturated heterocycles. The molecular formula is C27H28F3N3O5S2. The van der Waals surface area contributed by atoms with Crippen LogP contribution in [0.2, 0.25) is 0 Å². The molecule has 0 bridgehead atoms. The highest BCUT2D eigenvalue weighted by molar-refractivity contribution is 8.00. The lowest BCUT2D eigenvalue weighted by molar-refractivity contribution is -0.385. The number of piperazine rings is 1. The highest BCUT2D eigenvalue weighted by Gasteiger charge is 2.39. The fraction of sp³-hybridized carbons (Fsp3) is 0.370. The Morgan fingerprint density at radius 1 is 1.05 bits per heavy atom. The first-order chi connectivity index (χ1) is 18.7. The number of aryl methyl sites for hydroxylation is 2. The Labute approximate surface area is 234 Å². The second-order valence-electron chi connectivity index (χ2n) is 9.85. The lowest BCUT2D eigenvalue weighted by Gasteiger charge is -2.36. The minimum atomic E-state index is -4.50. The minimum absolute atomic E-state index is 0.0410. The number of nitrogens with zero attached hydrogens (tertiary/aromatic N) is 3. The SMILES string of the molecule is Cc1ccc(C)c(Sc2ccc([N+](=O)[O-])cc2S(=O)(=O)N2CCN(C(=O)C3C=CC(C(F)(F)F)=CC3C)CC2)c1. The maximum absolute atomic E-state index is 13.7. The second-order valence-corrected chi connectivity index (χ2v) is 12.8. The second kappa shape index (κ2) is 11.4. The van der Waals surface area contributed by atoms with E-state index in [4.69, 9.17) is 0 Å². The predicted molar refractivity (Wildman–Crippen MR) is 144 cm³/mol. The molecule has 1 fully saturated rings. The molecule has 2 unspecified atom stereocenters. The summed E-state index contributed by atoms with van der Waals surface area (Å²) in [6, 6.07) is 9.51. The van der Waals surface area contributed by atoms with Gasteiger partial charge >= 0.3 is 6.18 Å². The summed E-state index contributed by atoms with van der Waals surface area (Å²) in [7, 11) is -4.18. The Bertz CT molecular complexity index is 1500. The number of alkyl halides is 3. The van der Waals surface area contributed by atoms with E-state index in [1.54, 1.807) is 0 Å².